The highest BCUT2D eigenvalue weighted by Gasteiger charge is 2.35. The number of aryl methyl sites for hydroxylation is 1. The quantitative estimate of drug-likeness (QED) is 0.904. The van der Waals surface area contributed by atoms with Gasteiger partial charge in [-0.25, -0.2) is 0 Å². The zero-order valence-electron chi connectivity index (χ0n) is 15.3. The van der Waals surface area contributed by atoms with Crippen LogP contribution in [0.4, 0.5) is 5.69 Å². The number of anilines is 1. The van der Waals surface area contributed by atoms with Crippen LogP contribution in [0.2, 0.25) is 0 Å². The molecule has 1 N–H and O–H groups in total. The molecule has 0 spiro atoms. The maximum absolute atomic E-state index is 12.6. The predicted molar refractivity (Wildman–Crippen MR) is 101 cm³/mol. The predicted octanol–water partition coefficient (Wildman–Crippen LogP) is 3.83. The molecule has 2 amide bonds. The van der Waals surface area contributed by atoms with Gasteiger partial charge in [0.25, 0.3) is 0 Å². The Hall–Kier alpha value is -1.84. The molecule has 136 valence electrons. The maximum Gasteiger partial charge on any atom is 0.227 e. The van der Waals surface area contributed by atoms with Gasteiger partial charge in [0, 0.05) is 24.7 Å². The monoisotopic (exact) mass is 342 g/mol. The number of carbonyl (C=O) groups excluding carboxylic acids is 2. The Morgan fingerprint density at radius 3 is 2.36 bits per heavy atom. The van der Waals surface area contributed by atoms with Crippen molar-refractivity contribution in [1.29, 1.82) is 0 Å². The molecule has 4 nitrogen and oxygen atoms in total. The number of nitrogens with zero attached hydrogens (tertiary/aromatic N) is 1. The number of carbonyl (C=O) groups is 2. The van der Waals surface area contributed by atoms with Gasteiger partial charge in [-0.15, -0.1) is 0 Å². The Bertz CT molecular complexity index is 588. The highest BCUT2D eigenvalue weighted by molar-refractivity contribution is 6.00. The van der Waals surface area contributed by atoms with E-state index in [-0.39, 0.29) is 17.7 Å². The topological polar surface area (TPSA) is 49.4 Å². The lowest BCUT2D eigenvalue weighted by Gasteiger charge is -2.23. The highest BCUT2D eigenvalue weighted by Crippen LogP contribution is 2.26. The van der Waals surface area contributed by atoms with Crippen LogP contribution in [0.1, 0.15) is 63.9 Å². The molecule has 0 radical (unpaired) electrons. The fourth-order valence-corrected chi connectivity index (χ4v) is 3.96. The minimum Gasteiger partial charge on any atom is -0.353 e. The van der Waals surface area contributed by atoms with E-state index >= 15 is 0 Å². The summed E-state index contributed by atoms with van der Waals surface area (Å²) in [6.07, 6.45) is 9.74. The van der Waals surface area contributed by atoms with E-state index in [1.807, 2.05) is 12.1 Å². The van der Waals surface area contributed by atoms with Crippen LogP contribution in [0.15, 0.2) is 24.3 Å². The van der Waals surface area contributed by atoms with Gasteiger partial charge in [-0.3, -0.25) is 9.59 Å². The number of hydrogen-bond donors (Lipinski definition) is 1. The van der Waals surface area contributed by atoms with Gasteiger partial charge < -0.3 is 10.2 Å². The van der Waals surface area contributed by atoms with Crippen molar-refractivity contribution in [3.05, 3.63) is 29.8 Å². The van der Waals surface area contributed by atoms with E-state index in [1.54, 1.807) is 4.90 Å². The summed E-state index contributed by atoms with van der Waals surface area (Å²) in [5.41, 5.74) is 2.16. The van der Waals surface area contributed by atoms with Crippen LogP contribution in [0.3, 0.4) is 0 Å². The van der Waals surface area contributed by atoms with Gasteiger partial charge in [-0.1, -0.05) is 51.2 Å². The lowest BCUT2D eigenvalue weighted by molar-refractivity contribution is -0.127. The third-order valence-corrected chi connectivity index (χ3v) is 5.60. The minimum absolute atomic E-state index is 0.0575. The molecule has 1 unspecified atom stereocenters. The average Bonchev–Trinajstić information content (AvgIpc) is 2.99. The standard InChI is InChI=1S/C21H30N2O2/c1-2-16-10-12-19(13-11-16)23-15-17(14-20(23)24)21(25)22-18-8-6-4-3-5-7-9-18/h10-13,17-18H,2-9,14-15H2,1H3,(H,22,25). The van der Waals surface area contributed by atoms with E-state index in [4.69, 9.17) is 0 Å². The normalized spacial score (nSPS) is 22.5. The molecule has 1 saturated carbocycles. The fourth-order valence-electron chi connectivity index (χ4n) is 3.96. The second-order valence-electron chi connectivity index (χ2n) is 7.48. The highest BCUT2D eigenvalue weighted by atomic mass is 16.2. The second-order valence-corrected chi connectivity index (χ2v) is 7.48. The molecule has 1 aliphatic carbocycles. The molecular weight excluding hydrogens is 312 g/mol. The van der Waals surface area contributed by atoms with Crippen molar-refractivity contribution >= 4 is 17.5 Å². The Morgan fingerprint density at radius 1 is 1.08 bits per heavy atom. The molecule has 25 heavy (non-hydrogen) atoms. The third-order valence-electron chi connectivity index (χ3n) is 5.60. The van der Waals surface area contributed by atoms with Crippen molar-refractivity contribution in [3.8, 4) is 0 Å². The number of nitrogens with one attached hydrogen (secondary N) is 1. The van der Waals surface area contributed by atoms with Gasteiger partial charge in [0.1, 0.15) is 0 Å². The van der Waals surface area contributed by atoms with Gasteiger partial charge in [0.2, 0.25) is 11.8 Å². The lowest BCUT2D eigenvalue weighted by Crippen LogP contribution is -2.40. The van der Waals surface area contributed by atoms with E-state index in [1.165, 1.54) is 37.7 Å². The van der Waals surface area contributed by atoms with Gasteiger partial charge in [0.15, 0.2) is 0 Å². The molecule has 0 aromatic heterocycles. The molecule has 1 atom stereocenters. The molecule has 1 aromatic carbocycles. The summed E-state index contributed by atoms with van der Waals surface area (Å²) in [7, 11) is 0. The fraction of sp³-hybridized carbons (Fsp3) is 0.619. The van der Waals surface area contributed by atoms with Gasteiger partial charge in [-0.05, 0) is 37.0 Å². The van der Waals surface area contributed by atoms with Crippen LogP contribution in [-0.2, 0) is 16.0 Å². The average molecular weight is 342 g/mol. The van der Waals surface area contributed by atoms with Crippen molar-refractivity contribution in [3.63, 3.8) is 0 Å². The molecule has 1 aliphatic heterocycles. The number of amides is 2. The Kier molecular flexibility index (Phi) is 6.11. The second kappa shape index (κ2) is 8.50. The molecule has 4 heteroatoms. The van der Waals surface area contributed by atoms with Crippen LogP contribution in [0.5, 0.6) is 0 Å². The molecule has 2 aliphatic rings. The van der Waals surface area contributed by atoms with E-state index < -0.39 is 0 Å². The largest absolute Gasteiger partial charge is 0.353 e. The van der Waals surface area contributed by atoms with E-state index in [9.17, 15) is 9.59 Å². The third kappa shape index (κ3) is 4.62. The Balaban J connectivity index is 1.57. The van der Waals surface area contributed by atoms with Crippen LogP contribution in [0.25, 0.3) is 0 Å². The summed E-state index contributed by atoms with van der Waals surface area (Å²) in [5.74, 6) is -0.0996. The Morgan fingerprint density at radius 2 is 1.72 bits per heavy atom. The summed E-state index contributed by atoms with van der Waals surface area (Å²) in [4.78, 5) is 26.8. The van der Waals surface area contributed by atoms with Crippen molar-refractivity contribution in [1.82, 2.24) is 5.32 Å². The molecule has 1 heterocycles. The van der Waals surface area contributed by atoms with Crippen molar-refractivity contribution in [2.45, 2.75) is 70.8 Å². The first-order chi connectivity index (χ1) is 12.2. The van der Waals surface area contributed by atoms with E-state index in [2.05, 4.69) is 24.4 Å². The molecule has 3 rings (SSSR count). The number of rotatable bonds is 4. The van der Waals surface area contributed by atoms with Crippen molar-refractivity contribution < 1.29 is 9.59 Å². The summed E-state index contributed by atoms with van der Waals surface area (Å²) < 4.78 is 0. The number of benzene rings is 1. The van der Waals surface area contributed by atoms with Crippen LogP contribution in [-0.4, -0.2) is 24.4 Å². The molecule has 0 bridgehead atoms. The summed E-state index contributed by atoms with van der Waals surface area (Å²) in [5, 5.41) is 3.22. The zero-order chi connectivity index (χ0) is 17.6. The van der Waals surface area contributed by atoms with Gasteiger partial charge in [-0.2, -0.15) is 0 Å². The SMILES string of the molecule is CCc1ccc(N2CC(C(=O)NC3CCCCCCC3)CC2=O)cc1. The van der Waals surface area contributed by atoms with Crippen LogP contribution < -0.4 is 10.2 Å². The van der Waals surface area contributed by atoms with Gasteiger partial charge >= 0.3 is 0 Å². The summed E-state index contributed by atoms with van der Waals surface area (Å²) in [6.45, 7) is 2.62. The van der Waals surface area contributed by atoms with E-state index in [0.29, 0.717) is 19.0 Å². The first-order valence-electron chi connectivity index (χ1n) is 9.87. The molecular formula is C21H30N2O2. The van der Waals surface area contributed by atoms with Gasteiger partial charge in [0.05, 0.1) is 5.92 Å². The summed E-state index contributed by atoms with van der Waals surface area (Å²) >= 11 is 0. The molecule has 1 saturated heterocycles. The van der Waals surface area contributed by atoms with Crippen LogP contribution in [0, 0.1) is 5.92 Å². The molecule has 1 aromatic rings. The minimum atomic E-state index is -0.219. The Labute approximate surface area is 151 Å². The maximum atomic E-state index is 12.6. The zero-order valence-corrected chi connectivity index (χ0v) is 15.3. The van der Waals surface area contributed by atoms with Crippen molar-refractivity contribution in [2.75, 3.05) is 11.4 Å². The molecule has 2 fully saturated rings. The first kappa shape index (κ1) is 18.0. The van der Waals surface area contributed by atoms with Crippen LogP contribution >= 0.6 is 0 Å². The smallest absolute Gasteiger partial charge is 0.227 e. The van der Waals surface area contributed by atoms with Crippen molar-refractivity contribution in [2.24, 2.45) is 5.92 Å². The number of hydrogen-bond acceptors (Lipinski definition) is 2. The first-order valence-corrected chi connectivity index (χ1v) is 9.87. The summed E-state index contributed by atoms with van der Waals surface area (Å²) in [6, 6.07) is 8.40. The van der Waals surface area contributed by atoms with E-state index in [0.717, 1.165) is 24.9 Å². The lowest BCUT2D eigenvalue weighted by atomic mass is 9.96.